The molecule has 0 heterocycles. The summed E-state index contributed by atoms with van der Waals surface area (Å²) in [6.45, 7) is 6.98. The highest BCUT2D eigenvalue weighted by atomic mass is 19.1. The summed E-state index contributed by atoms with van der Waals surface area (Å²) in [5.74, 6) is -0.138. The van der Waals surface area contributed by atoms with E-state index in [4.69, 9.17) is 0 Å². The number of nitrogens with one attached hydrogen (secondary N) is 1. The van der Waals surface area contributed by atoms with Crippen LogP contribution in [0.4, 0.5) is 4.39 Å². The maximum absolute atomic E-state index is 13.4. The van der Waals surface area contributed by atoms with E-state index < -0.39 is 0 Å². The van der Waals surface area contributed by atoms with Crippen LogP contribution in [-0.2, 0) is 12.8 Å². The van der Waals surface area contributed by atoms with E-state index in [0.29, 0.717) is 5.56 Å². The highest BCUT2D eigenvalue weighted by molar-refractivity contribution is 5.29. The van der Waals surface area contributed by atoms with Crippen LogP contribution in [0.15, 0.2) is 42.5 Å². The van der Waals surface area contributed by atoms with Gasteiger partial charge in [-0.2, -0.15) is 0 Å². The van der Waals surface area contributed by atoms with E-state index in [1.165, 1.54) is 11.1 Å². The van der Waals surface area contributed by atoms with E-state index in [1.54, 1.807) is 6.07 Å². The minimum Gasteiger partial charge on any atom is -0.310 e. The van der Waals surface area contributed by atoms with E-state index in [1.807, 2.05) is 19.1 Å². The predicted molar refractivity (Wildman–Crippen MR) is 87.1 cm³/mol. The molecule has 112 valence electrons. The van der Waals surface area contributed by atoms with Crippen LogP contribution in [0.25, 0.3) is 0 Å². The maximum atomic E-state index is 13.4. The van der Waals surface area contributed by atoms with Crippen LogP contribution in [0.5, 0.6) is 0 Å². The van der Waals surface area contributed by atoms with Gasteiger partial charge in [0.2, 0.25) is 0 Å². The molecule has 2 aromatic rings. The molecule has 0 saturated carbocycles. The Morgan fingerprint density at radius 2 is 1.67 bits per heavy atom. The van der Waals surface area contributed by atoms with Gasteiger partial charge in [0.15, 0.2) is 0 Å². The molecule has 2 rings (SSSR count). The SMILES string of the molecule is CCNC(Cc1ccc(CC)cc1)c1ccc(F)c(C)c1. The first kappa shape index (κ1) is 15.7. The smallest absolute Gasteiger partial charge is 0.126 e. The molecule has 1 unspecified atom stereocenters. The lowest BCUT2D eigenvalue weighted by Crippen LogP contribution is -2.23. The molecule has 0 radical (unpaired) electrons. The molecule has 2 heteroatoms. The van der Waals surface area contributed by atoms with Crippen LogP contribution >= 0.6 is 0 Å². The zero-order chi connectivity index (χ0) is 15.2. The zero-order valence-corrected chi connectivity index (χ0v) is 13.1. The Labute approximate surface area is 127 Å². The zero-order valence-electron chi connectivity index (χ0n) is 13.1. The Morgan fingerprint density at radius 3 is 2.24 bits per heavy atom. The molecule has 1 atom stereocenters. The number of halogens is 1. The molecule has 0 aliphatic heterocycles. The number of rotatable bonds is 6. The molecule has 1 nitrogen and oxygen atoms in total. The summed E-state index contributed by atoms with van der Waals surface area (Å²) in [5.41, 5.74) is 4.52. The largest absolute Gasteiger partial charge is 0.310 e. The Morgan fingerprint density at radius 1 is 1.00 bits per heavy atom. The van der Waals surface area contributed by atoms with Crippen molar-refractivity contribution in [2.75, 3.05) is 6.54 Å². The quantitative estimate of drug-likeness (QED) is 0.818. The van der Waals surface area contributed by atoms with Gasteiger partial charge in [-0.15, -0.1) is 0 Å². The predicted octanol–water partition coefficient (Wildman–Crippen LogP) is 4.59. The summed E-state index contributed by atoms with van der Waals surface area (Å²) in [5, 5.41) is 3.50. The van der Waals surface area contributed by atoms with Crippen molar-refractivity contribution in [1.82, 2.24) is 5.32 Å². The Hall–Kier alpha value is -1.67. The summed E-state index contributed by atoms with van der Waals surface area (Å²) < 4.78 is 13.4. The van der Waals surface area contributed by atoms with Gasteiger partial charge in [0.25, 0.3) is 0 Å². The first-order valence-electron chi connectivity index (χ1n) is 7.71. The van der Waals surface area contributed by atoms with Crippen LogP contribution < -0.4 is 5.32 Å². The van der Waals surface area contributed by atoms with E-state index in [-0.39, 0.29) is 11.9 Å². The number of benzene rings is 2. The minimum absolute atomic E-state index is 0.138. The number of hydrogen-bond donors (Lipinski definition) is 1. The van der Waals surface area contributed by atoms with Crippen LogP contribution in [0.1, 0.15) is 42.1 Å². The number of likely N-dealkylation sites (N-methyl/N-ethyl adjacent to an activating group) is 1. The van der Waals surface area contributed by atoms with Crippen molar-refractivity contribution < 1.29 is 4.39 Å². The van der Waals surface area contributed by atoms with E-state index in [9.17, 15) is 4.39 Å². The van der Waals surface area contributed by atoms with Crippen molar-refractivity contribution in [2.24, 2.45) is 0 Å². The van der Waals surface area contributed by atoms with Crippen molar-refractivity contribution in [2.45, 2.75) is 39.7 Å². The standard InChI is InChI=1S/C19H24FN/c1-4-15-6-8-16(9-7-15)13-19(21-5-2)17-10-11-18(20)14(3)12-17/h6-12,19,21H,4-5,13H2,1-3H3. The van der Waals surface area contributed by atoms with Gasteiger partial charge in [-0.25, -0.2) is 4.39 Å². The molecule has 0 aliphatic carbocycles. The molecule has 0 amide bonds. The van der Waals surface area contributed by atoms with Gasteiger partial charge < -0.3 is 5.32 Å². The Balaban J connectivity index is 2.19. The molecule has 0 saturated heterocycles. The lowest BCUT2D eigenvalue weighted by molar-refractivity contribution is 0.546. The fourth-order valence-corrected chi connectivity index (χ4v) is 2.59. The molecule has 1 N–H and O–H groups in total. The second-order valence-electron chi connectivity index (χ2n) is 5.49. The second kappa shape index (κ2) is 7.37. The van der Waals surface area contributed by atoms with Gasteiger partial charge in [-0.1, -0.05) is 50.2 Å². The highest BCUT2D eigenvalue weighted by Crippen LogP contribution is 2.21. The van der Waals surface area contributed by atoms with Crippen LogP contribution in [-0.4, -0.2) is 6.54 Å². The third-order valence-corrected chi connectivity index (χ3v) is 3.91. The molecule has 0 fully saturated rings. The lowest BCUT2D eigenvalue weighted by Gasteiger charge is -2.19. The summed E-state index contributed by atoms with van der Waals surface area (Å²) in [6.07, 6.45) is 1.98. The highest BCUT2D eigenvalue weighted by Gasteiger charge is 2.12. The first-order valence-corrected chi connectivity index (χ1v) is 7.71. The van der Waals surface area contributed by atoms with Gasteiger partial charge in [0.05, 0.1) is 0 Å². The van der Waals surface area contributed by atoms with Crippen molar-refractivity contribution in [3.05, 3.63) is 70.5 Å². The molecule has 0 bridgehead atoms. The molecule has 2 aromatic carbocycles. The van der Waals surface area contributed by atoms with E-state index in [2.05, 4.69) is 43.4 Å². The van der Waals surface area contributed by atoms with Gasteiger partial charge in [0, 0.05) is 6.04 Å². The fraction of sp³-hybridized carbons (Fsp3) is 0.368. The third-order valence-electron chi connectivity index (χ3n) is 3.91. The van der Waals surface area contributed by atoms with Crippen LogP contribution in [0, 0.1) is 12.7 Å². The Bertz CT molecular complexity index is 575. The molecule has 0 aromatic heterocycles. The van der Waals surface area contributed by atoms with Gasteiger partial charge in [0.1, 0.15) is 5.82 Å². The summed E-state index contributed by atoms with van der Waals surface area (Å²) in [6, 6.07) is 14.4. The average molecular weight is 285 g/mol. The first-order chi connectivity index (χ1) is 10.1. The molecule has 0 spiro atoms. The van der Waals surface area contributed by atoms with E-state index in [0.717, 1.165) is 24.9 Å². The summed E-state index contributed by atoms with van der Waals surface area (Å²) >= 11 is 0. The Kier molecular flexibility index (Phi) is 5.51. The van der Waals surface area contributed by atoms with Crippen LogP contribution in [0.2, 0.25) is 0 Å². The van der Waals surface area contributed by atoms with Crippen molar-refractivity contribution >= 4 is 0 Å². The lowest BCUT2D eigenvalue weighted by atomic mass is 9.96. The molecule has 21 heavy (non-hydrogen) atoms. The van der Waals surface area contributed by atoms with Crippen LogP contribution in [0.3, 0.4) is 0 Å². The number of hydrogen-bond acceptors (Lipinski definition) is 1. The topological polar surface area (TPSA) is 12.0 Å². The summed E-state index contributed by atoms with van der Waals surface area (Å²) in [7, 11) is 0. The molecular weight excluding hydrogens is 261 g/mol. The minimum atomic E-state index is -0.138. The van der Waals surface area contributed by atoms with Gasteiger partial charge >= 0.3 is 0 Å². The maximum Gasteiger partial charge on any atom is 0.126 e. The van der Waals surface area contributed by atoms with Crippen molar-refractivity contribution in [3.63, 3.8) is 0 Å². The molecular formula is C19H24FN. The van der Waals surface area contributed by atoms with Crippen molar-refractivity contribution in [1.29, 1.82) is 0 Å². The second-order valence-corrected chi connectivity index (χ2v) is 5.49. The van der Waals surface area contributed by atoms with Crippen molar-refractivity contribution in [3.8, 4) is 0 Å². The molecule has 0 aliphatic rings. The van der Waals surface area contributed by atoms with Gasteiger partial charge in [-0.3, -0.25) is 0 Å². The average Bonchev–Trinajstić information content (AvgIpc) is 2.50. The number of aryl methyl sites for hydroxylation is 2. The monoisotopic (exact) mass is 285 g/mol. The third kappa shape index (κ3) is 4.15. The van der Waals surface area contributed by atoms with Gasteiger partial charge in [-0.05, 0) is 54.6 Å². The summed E-state index contributed by atoms with van der Waals surface area (Å²) in [4.78, 5) is 0. The van der Waals surface area contributed by atoms with E-state index >= 15 is 0 Å². The fourth-order valence-electron chi connectivity index (χ4n) is 2.59. The normalized spacial score (nSPS) is 12.4.